The lowest BCUT2D eigenvalue weighted by atomic mass is 10.0. The van der Waals surface area contributed by atoms with Gasteiger partial charge in [-0.15, -0.1) is 0 Å². The van der Waals surface area contributed by atoms with E-state index in [4.69, 9.17) is 9.84 Å². The topological polar surface area (TPSA) is 29.5 Å². The second kappa shape index (κ2) is 4.73. The summed E-state index contributed by atoms with van der Waals surface area (Å²) in [7, 11) is 0. The Morgan fingerprint density at radius 3 is 2.82 bits per heavy atom. The van der Waals surface area contributed by atoms with Crippen LogP contribution in [0, 0.1) is 5.92 Å². The maximum atomic E-state index is 8.55. The largest absolute Gasteiger partial charge is 0.396 e. The van der Waals surface area contributed by atoms with Crippen LogP contribution in [-0.4, -0.2) is 24.4 Å². The molecule has 0 saturated carbocycles. The third-order valence-electron chi connectivity index (χ3n) is 2.22. The van der Waals surface area contributed by atoms with Crippen molar-refractivity contribution >= 4 is 0 Å². The maximum absolute atomic E-state index is 8.55. The van der Waals surface area contributed by atoms with Crippen molar-refractivity contribution in [1.29, 1.82) is 0 Å². The lowest BCUT2D eigenvalue weighted by Gasteiger charge is -2.07. The molecule has 2 heteroatoms. The number of ether oxygens (including phenoxy) is 1. The molecule has 0 spiro atoms. The van der Waals surface area contributed by atoms with Crippen LogP contribution in [0.15, 0.2) is 0 Å². The number of rotatable bonds is 4. The van der Waals surface area contributed by atoms with Gasteiger partial charge >= 0.3 is 0 Å². The highest BCUT2D eigenvalue weighted by atomic mass is 16.5. The highest BCUT2D eigenvalue weighted by Crippen LogP contribution is 2.22. The van der Waals surface area contributed by atoms with Crippen LogP contribution in [0.25, 0.3) is 0 Å². The smallest absolute Gasteiger partial charge is 0.0578 e. The van der Waals surface area contributed by atoms with Crippen molar-refractivity contribution < 1.29 is 9.84 Å². The fourth-order valence-corrected chi connectivity index (χ4v) is 1.57. The quantitative estimate of drug-likeness (QED) is 0.629. The maximum Gasteiger partial charge on any atom is 0.0578 e. The number of hydrogen-bond acceptors (Lipinski definition) is 2. The normalized spacial score (nSPS) is 31.1. The van der Waals surface area contributed by atoms with E-state index in [1.54, 1.807) is 0 Å². The van der Waals surface area contributed by atoms with Crippen molar-refractivity contribution in [2.24, 2.45) is 5.92 Å². The summed E-state index contributed by atoms with van der Waals surface area (Å²) in [6.45, 7) is 3.48. The minimum absolute atomic E-state index is 0.322. The first-order valence-electron chi connectivity index (χ1n) is 4.55. The van der Waals surface area contributed by atoms with Crippen LogP contribution < -0.4 is 0 Å². The third-order valence-corrected chi connectivity index (χ3v) is 2.22. The summed E-state index contributed by atoms with van der Waals surface area (Å²) in [6, 6.07) is 0. The molecular weight excluding hydrogens is 140 g/mol. The van der Waals surface area contributed by atoms with Gasteiger partial charge in [-0.25, -0.2) is 0 Å². The van der Waals surface area contributed by atoms with Gasteiger partial charge in [0, 0.05) is 13.2 Å². The first kappa shape index (κ1) is 9.01. The van der Waals surface area contributed by atoms with Crippen LogP contribution >= 0.6 is 0 Å². The summed E-state index contributed by atoms with van der Waals surface area (Å²) < 4.78 is 5.53. The van der Waals surface area contributed by atoms with Gasteiger partial charge in [-0.05, 0) is 31.6 Å². The molecule has 1 aliphatic heterocycles. The summed E-state index contributed by atoms with van der Waals surface area (Å²) >= 11 is 0. The van der Waals surface area contributed by atoms with Crippen LogP contribution in [-0.2, 0) is 4.74 Å². The number of aliphatic hydroxyl groups is 1. The molecule has 11 heavy (non-hydrogen) atoms. The third kappa shape index (κ3) is 3.21. The van der Waals surface area contributed by atoms with Crippen molar-refractivity contribution in [3.63, 3.8) is 0 Å². The van der Waals surface area contributed by atoms with E-state index in [9.17, 15) is 0 Å². The Hall–Kier alpha value is -0.0800. The zero-order valence-electron chi connectivity index (χ0n) is 7.25. The second-order valence-electron chi connectivity index (χ2n) is 3.52. The molecule has 1 saturated heterocycles. The molecule has 0 aromatic carbocycles. The Balaban J connectivity index is 1.99. The van der Waals surface area contributed by atoms with Crippen molar-refractivity contribution in [1.82, 2.24) is 0 Å². The van der Waals surface area contributed by atoms with E-state index < -0.39 is 0 Å². The average molecular weight is 158 g/mol. The number of hydrogen-bond donors (Lipinski definition) is 1. The van der Waals surface area contributed by atoms with E-state index in [1.807, 2.05) is 0 Å². The Morgan fingerprint density at radius 2 is 2.27 bits per heavy atom. The van der Waals surface area contributed by atoms with E-state index in [-0.39, 0.29) is 0 Å². The molecular formula is C9H18O2. The Bertz CT molecular complexity index is 104. The molecule has 2 nitrogen and oxygen atoms in total. The summed E-state index contributed by atoms with van der Waals surface area (Å²) in [6.07, 6.45) is 4.86. The lowest BCUT2D eigenvalue weighted by molar-refractivity contribution is 0.0973. The van der Waals surface area contributed by atoms with E-state index in [0.29, 0.717) is 12.7 Å². The number of aliphatic hydroxyl groups excluding tert-OH is 1. The second-order valence-corrected chi connectivity index (χ2v) is 3.52. The van der Waals surface area contributed by atoms with Crippen LogP contribution in [0.1, 0.15) is 32.6 Å². The van der Waals surface area contributed by atoms with Gasteiger partial charge in [-0.1, -0.05) is 6.92 Å². The minimum Gasteiger partial charge on any atom is -0.396 e. The fourth-order valence-electron chi connectivity index (χ4n) is 1.57. The van der Waals surface area contributed by atoms with E-state index in [2.05, 4.69) is 6.92 Å². The van der Waals surface area contributed by atoms with Crippen LogP contribution in [0.4, 0.5) is 0 Å². The van der Waals surface area contributed by atoms with E-state index >= 15 is 0 Å². The molecule has 0 radical (unpaired) electrons. The van der Waals surface area contributed by atoms with Crippen molar-refractivity contribution in [2.75, 3.05) is 13.2 Å². The van der Waals surface area contributed by atoms with Crippen LogP contribution in [0.2, 0.25) is 0 Å². The average Bonchev–Trinajstić information content (AvgIpc) is 2.37. The highest BCUT2D eigenvalue weighted by molar-refractivity contribution is 4.69. The van der Waals surface area contributed by atoms with Crippen molar-refractivity contribution in [3.05, 3.63) is 0 Å². The Kier molecular flexibility index (Phi) is 3.87. The first-order valence-corrected chi connectivity index (χ1v) is 4.55. The van der Waals surface area contributed by atoms with Crippen LogP contribution in [0.5, 0.6) is 0 Å². The summed E-state index contributed by atoms with van der Waals surface area (Å²) in [5.41, 5.74) is 0. The van der Waals surface area contributed by atoms with Gasteiger partial charge < -0.3 is 9.84 Å². The SMILES string of the molecule is CC1COC(CCCCO)C1. The molecule has 1 rings (SSSR count). The monoisotopic (exact) mass is 158 g/mol. The molecule has 0 amide bonds. The lowest BCUT2D eigenvalue weighted by Crippen LogP contribution is -2.04. The van der Waals surface area contributed by atoms with Crippen LogP contribution in [0.3, 0.4) is 0 Å². The minimum atomic E-state index is 0.322. The summed E-state index contributed by atoms with van der Waals surface area (Å²) in [5.74, 6) is 0.745. The predicted molar refractivity (Wildman–Crippen MR) is 44.5 cm³/mol. The van der Waals surface area contributed by atoms with Gasteiger partial charge in [0.2, 0.25) is 0 Å². The van der Waals surface area contributed by atoms with Gasteiger partial charge in [0.25, 0.3) is 0 Å². The molecule has 66 valence electrons. The molecule has 1 fully saturated rings. The van der Waals surface area contributed by atoms with E-state index in [1.165, 1.54) is 6.42 Å². The fraction of sp³-hybridized carbons (Fsp3) is 1.00. The molecule has 1 heterocycles. The van der Waals surface area contributed by atoms with Crippen molar-refractivity contribution in [2.45, 2.75) is 38.7 Å². The summed E-state index contributed by atoms with van der Waals surface area (Å²) in [5, 5.41) is 8.55. The van der Waals surface area contributed by atoms with Gasteiger partial charge in [0.15, 0.2) is 0 Å². The zero-order chi connectivity index (χ0) is 8.10. The predicted octanol–water partition coefficient (Wildman–Crippen LogP) is 1.57. The molecule has 1 N–H and O–H groups in total. The molecule has 0 bridgehead atoms. The van der Waals surface area contributed by atoms with Gasteiger partial charge in [0.05, 0.1) is 6.10 Å². The van der Waals surface area contributed by atoms with Gasteiger partial charge in [-0.2, -0.15) is 0 Å². The molecule has 2 unspecified atom stereocenters. The van der Waals surface area contributed by atoms with Gasteiger partial charge in [-0.3, -0.25) is 0 Å². The van der Waals surface area contributed by atoms with Gasteiger partial charge in [0.1, 0.15) is 0 Å². The molecule has 0 aromatic heterocycles. The molecule has 0 aromatic rings. The standard InChI is InChI=1S/C9H18O2/c1-8-6-9(11-7-8)4-2-3-5-10/h8-10H,2-7H2,1H3. The summed E-state index contributed by atoms with van der Waals surface area (Å²) in [4.78, 5) is 0. The Labute approximate surface area is 68.6 Å². The molecule has 2 atom stereocenters. The van der Waals surface area contributed by atoms with E-state index in [0.717, 1.165) is 31.8 Å². The first-order chi connectivity index (χ1) is 5.33. The highest BCUT2D eigenvalue weighted by Gasteiger charge is 2.20. The Morgan fingerprint density at radius 1 is 1.45 bits per heavy atom. The van der Waals surface area contributed by atoms with Crippen molar-refractivity contribution in [3.8, 4) is 0 Å². The molecule has 1 aliphatic rings. The molecule has 0 aliphatic carbocycles. The zero-order valence-corrected chi connectivity index (χ0v) is 7.25. The number of unbranched alkanes of at least 4 members (excludes halogenated alkanes) is 1.